The molecule has 1 N–H and O–H groups in total. The van der Waals surface area contributed by atoms with Crippen LogP contribution in [0.3, 0.4) is 0 Å². The molecule has 0 saturated carbocycles. The first-order chi connectivity index (χ1) is 14.0. The van der Waals surface area contributed by atoms with E-state index < -0.39 is 6.09 Å². The maximum absolute atomic E-state index is 12.4. The zero-order valence-electron chi connectivity index (χ0n) is 15.9. The number of amides is 2. The van der Waals surface area contributed by atoms with E-state index in [-0.39, 0.29) is 24.5 Å². The lowest BCUT2D eigenvalue weighted by atomic mass is 9.87. The summed E-state index contributed by atoms with van der Waals surface area (Å²) in [6.07, 6.45) is 0.380. The Morgan fingerprint density at radius 2 is 1.62 bits per heavy atom. The average molecular weight is 437 g/mol. The summed E-state index contributed by atoms with van der Waals surface area (Å²) in [5.41, 5.74) is 0. The van der Waals surface area contributed by atoms with Crippen molar-refractivity contribution >= 4 is 35.2 Å². The number of nitrogens with one attached hydrogen (secondary N) is 1. The molecule has 1 fully saturated rings. The second-order valence-corrected chi connectivity index (χ2v) is 7.63. The van der Waals surface area contributed by atoms with Crippen LogP contribution in [0.25, 0.3) is 0 Å². The summed E-state index contributed by atoms with van der Waals surface area (Å²) < 4.78 is 10.8. The lowest BCUT2D eigenvalue weighted by molar-refractivity contribution is -0.123. The van der Waals surface area contributed by atoms with Crippen LogP contribution >= 0.6 is 23.2 Å². The molecule has 0 aliphatic carbocycles. The van der Waals surface area contributed by atoms with Crippen molar-refractivity contribution in [1.82, 2.24) is 10.2 Å². The van der Waals surface area contributed by atoms with Crippen LogP contribution in [0.4, 0.5) is 4.79 Å². The summed E-state index contributed by atoms with van der Waals surface area (Å²) >= 11 is 11.7. The molecule has 3 rings (SSSR count). The highest BCUT2D eigenvalue weighted by atomic mass is 35.5. The van der Waals surface area contributed by atoms with E-state index in [2.05, 4.69) is 5.32 Å². The van der Waals surface area contributed by atoms with E-state index >= 15 is 0 Å². The zero-order valence-corrected chi connectivity index (χ0v) is 17.4. The Hall–Kier alpha value is -2.44. The monoisotopic (exact) mass is 436 g/mol. The standard InChI is InChI=1S/C21H22Cl2N2O4/c1-2-19-14(11-24-20(26)13-28-17-7-3-15(22)4-8-17)12-25(19)21(27)29-18-9-5-16(23)6-10-18/h3-10,14,19H,2,11-13H2,1H3,(H,24,26). The van der Waals surface area contributed by atoms with Gasteiger partial charge in [0, 0.05) is 35.1 Å². The summed E-state index contributed by atoms with van der Waals surface area (Å²) in [6.45, 7) is 2.94. The molecule has 1 aliphatic rings. The van der Waals surface area contributed by atoms with E-state index in [1.54, 1.807) is 53.4 Å². The van der Waals surface area contributed by atoms with Crippen LogP contribution in [0.2, 0.25) is 10.0 Å². The molecular formula is C21H22Cl2N2O4. The SMILES string of the molecule is CCC1C(CNC(=O)COc2ccc(Cl)cc2)CN1C(=O)Oc1ccc(Cl)cc1. The van der Waals surface area contributed by atoms with Crippen LogP contribution < -0.4 is 14.8 Å². The van der Waals surface area contributed by atoms with Gasteiger partial charge < -0.3 is 19.7 Å². The van der Waals surface area contributed by atoms with E-state index in [0.717, 1.165) is 6.42 Å². The first-order valence-electron chi connectivity index (χ1n) is 9.35. The van der Waals surface area contributed by atoms with Crippen LogP contribution in [0, 0.1) is 5.92 Å². The Morgan fingerprint density at radius 1 is 1.03 bits per heavy atom. The van der Waals surface area contributed by atoms with Gasteiger partial charge in [-0.25, -0.2) is 4.79 Å². The second-order valence-electron chi connectivity index (χ2n) is 6.76. The van der Waals surface area contributed by atoms with E-state index in [1.165, 1.54) is 0 Å². The first-order valence-corrected chi connectivity index (χ1v) is 10.1. The van der Waals surface area contributed by atoms with Gasteiger partial charge in [0.25, 0.3) is 5.91 Å². The van der Waals surface area contributed by atoms with Gasteiger partial charge in [0.2, 0.25) is 0 Å². The number of hydrogen-bond donors (Lipinski definition) is 1. The molecule has 2 amide bonds. The first kappa shape index (κ1) is 21.3. The van der Waals surface area contributed by atoms with Crippen LogP contribution in [0.5, 0.6) is 11.5 Å². The Bertz CT molecular complexity index is 843. The van der Waals surface area contributed by atoms with Crippen molar-refractivity contribution < 1.29 is 19.1 Å². The number of rotatable bonds is 7. The minimum Gasteiger partial charge on any atom is -0.484 e. The third-order valence-electron chi connectivity index (χ3n) is 4.79. The largest absolute Gasteiger partial charge is 0.484 e. The van der Waals surface area contributed by atoms with Gasteiger partial charge in [0.1, 0.15) is 11.5 Å². The molecule has 0 radical (unpaired) electrons. The molecule has 0 spiro atoms. The Labute approximate surface area is 179 Å². The number of halogens is 2. The normalized spacial score (nSPS) is 18.0. The van der Waals surface area contributed by atoms with Gasteiger partial charge >= 0.3 is 6.09 Å². The second kappa shape index (κ2) is 9.85. The summed E-state index contributed by atoms with van der Waals surface area (Å²) in [5.74, 6) is 0.996. The van der Waals surface area contributed by atoms with Crippen molar-refractivity contribution in [1.29, 1.82) is 0 Å². The molecule has 8 heteroatoms. The molecule has 2 aromatic rings. The Balaban J connectivity index is 1.41. The number of carbonyl (C=O) groups is 2. The maximum Gasteiger partial charge on any atom is 0.415 e. The number of benzene rings is 2. The van der Waals surface area contributed by atoms with Gasteiger partial charge in [-0.3, -0.25) is 4.79 Å². The lowest BCUT2D eigenvalue weighted by Crippen LogP contribution is -2.62. The summed E-state index contributed by atoms with van der Waals surface area (Å²) in [4.78, 5) is 26.1. The Morgan fingerprint density at radius 3 is 2.21 bits per heavy atom. The topological polar surface area (TPSA) is 67.9 Å². The van der Waals surface area contributed by atoms with E-state index in [1.807, 2.05) is 6.92 Å². The molecule has 2 unspecified atom stereocenters. The molecule has 29 heavy (non-hydrogen) atoms. The third-order valence-corrected chi connectivity index (χ3v) is 5.30. The van der Waals surface area contributed by atoms with Crippen molar-refractivity contribution in [2.75, 3.05) is 19.7 Å². The van der Waals surface area contributed by atoms with Crippen molar-refractivity contribution in [3.05, 3.63) is 58.6 Å². The fourth-order valence-electron chi connectivity index (χ4n) is 3.23. The van der Waals surface area contributed by atoms with Crippen molar-refractivity contribution in [3.63, 3.8) is 0 Å². The van der Waals surface area contributed by atoms with E-state index in [4.69, 9.17) is 32.7 Å². The maximum atomic E-state index is 12.4. The molecule has 154 valence electrons. The summed E-state index contributed by atoms with van der Waals surface area (Å²) in [5, 5.41) is 4.05. The molecule has 2 atom stereocenters. The number of ether oxygens (including phenoxy) is 2. The minimum absolute atomic E-state index is 0.0206. The highest BCUT2D eigenvalue weighted by Gasteiger charge is 2.41. The molecule has 1 heterocycles. The Kier molecular flexibility index (Phi) is 7.23. The van der Waals surface area contributed by atoms with Crippen LogP contribution in [-0.2, 0) is 4.79 Å². The fourth-order valence-corrected chi connectivity index (χ4v) is 3.48. The van der Waals surface area contributed by atoms with Gasteiger partial charge in [-0.1, -0.05) is 30.1 Å². The molecule has 2 aromatic carbocycles. The van der Waals surface area contributed by atoms with Crippen LogP contribution in [0.15, 0.2) is 48.5 Å². The quantitative estimate of drug-likeness (QED) is 0.698. The number of hydrogen-bond acceptors (Lipinski definition) is 4. The van der Waals surface area contributed by atoms with E-state index in [9.17, 15) is 9.59 Å². The minimum atomic E-state index is -0.396. The summed E-state index contributed by atoms with van der Waals surface area (Å²) in [7, 11) is 0. The van der Waals surface area contributed by atoms with Crippen molar-refractivity contribution in [3.8, 4) is 11.5 Å². The van der Waals surface area contributed by atoms with E-state index in [0.29, 0.717) is 34.6 Å². The van der Waals surface area contributed by atoms with Crippen molar-refractivity contribution in [2.24, 2.45) is 5.92 Å². The highest BCUT2D eigenvalue weighted by Crippen LogP contribution is 2.28. The summed E-state index contributed by atoms with van der Waals surface area (Å²) in [6, 6.07) is 13.5. The third kappa shape index (κ3) is 5.78. The zero-order chi connectivity index (χ0) is 20.8. The number of likely N-dealkylation sites (tertiary alicyclic amines) is 1. The molecule has 1 aliphatic heterocycles. The smallest absolute Gasteiger partial charge is 0.415 e. The molecular weight excluding hydrogens is 415 g/mol. The predicted octanol–water partition coefficient (Wildman–Crippen LogP) is 4.40. The lowest BCUT2D eigenvalue weighted by Gasteiger charge is -2.47. The molecule has 0 bridgehead atoms. The fraction of sp³-hybridized carbons (Fsp3) is 0.333. The van der Waals surface area contributed by atoms with Gasteiger partial charge in [-0.2, -0.15) is 0 Å². The van der Waals surface area contributed by atoms with Crippen LogP contribution in [0.1, 0.15) is 13.3 Å². The number of nitrogens with zero attached hydrogens (tertiary/aromatic N) is 1. The molecule has 1 saturated heterocycles. The van der Waals surface area contributed by atoms with Gasteiger partial charge in [-0.15, -0.1) is 0 Å². The van der Waals surface area contributed by atoms with Gasteiger partial charge in [0.05, 0.1) is 0 Å². The number of carbonyl (C=O) groups excluding carboxylic acids is 2. The molecule has 6 nitrogen and oxygen atoms in total. The van der Waals surface area contributed by atoms with Gasteiger partial charge in [-0.05, 0) is 55.0 Å². The molecule has 0 aromatic heterocycles. The average Bonchev–Trinajstić information content (AvgIpc) is 2.69. The van der Waals surface area contributed by atoms with Crippen LogP contribution in [-0.4, -0.2) is 42.6 Å². The highest BCUT2D eigenvalue weighted by molar-refractivity contribution is 6.30. The predicted molar refractivity (Wildman–Crippen MR) is 112 cm³/mol. The van der Waals surface area contributed by atoms with Gasteiger partial charge in [0.15, 0.2) is 6.61 Å². The van der Waals surface area contributed by atoms with Crippen molar-refractivity contribution in [2.45, 2.75) is 19.4 Å².